The Balaban J connectivity index is -0.000000262. The molecule has 4 rings (SSSR count). The van der Waals surface area contributed by atoms with Crippen molar-refractivity contribution in [2.24, 2.45) is 0 Å². The Morgan fingerprint density at radius 2 is 0.918 bits per heavy atom. The first-order valence-corrected chi connectivity index (χ1v) is 50.3. The van der Waals surface area contributed by atoms with Gasteiger partial charge in [-0.1, -0.05) is 49.5 Å². The summed E-state index contributed by atoms with van der Waals surface area (Å²) in [6.07, 6.45) is 6.50. The van der Waals surface area contributed by atoms with Gasteiger partial charge in [-0.2, -0.15) is 47.0 Å². The van der Waals surface area contributed by atoms with Crippen molar-refractivity contribution in [1.82, 2.24) is 0 Å². The molecule has 4 aliphatic heterocycles. The van der Waals surface area contributed by atoms with Gasteiger partial charge in [-0.15, -0.1) is 141 Å². The summed E-state index contributed by atoms with van der Waals surface area (Å²) in [6, 6.07) is 0. The van der Waals surface area contributed by atoms with Crippen LogP contribution in [-0.2, 0) is 0 Å². The molecule has 0 bridgehead atoms. The molecule has 0 atom stereocenters. The first-order chi connectivity index (χ1) is 22.9. The number of thioether (sulfide) groups is 16. The van der Waals surface area contributed by atoms with E-state index >= 15 is 0 Å². The Bertz CT molecular complexity index is 509. The van der Waals surface area contributed by atoms with Gasteiger partial charge in [0, 0.05) is 50.8 Å². The molecule has 0 saturated carbocycles. The van der Waals surface area contributed by atoms with Gasteiger partial charge in [0.25, 0.3) is 0 Å². The quantitative estimate of drug-likeness (QED) is 0.0770. The Labute approximate surface area is 406 Å². The van der Waals surface area contributed by atoms with Crippen LogP contribution in [0.1, 0.15) is 49.5 Å². The third kappa shape index (κ3) is 50.9. The fraction of sp³-hybridized carbons (Fsp3) is 1.00. The van der Waals surface area contributed by atoms with Gasteiger partial charge < -0.3 is 0 Å². The summed E-state index contributed by atoms with van der Waals surface area (Å²) < 4.78 is 1.34. The average Bonchev–Trinajstić information content (AvgIpc) is 2.95. The molecule has 4 fully saturated rings. The van der Waals surface area contributed by atoms with E-state index in [9.17, 15) is 0 Å². The summed E-state index contributed by atoms with van der Waals surface area (Å²) in [5, 5.41) is 15.0. The number of hydrogen-bond acceptors (Lipinski definition) is 20. The van der Waals surface area contributed by atoms with E-state index in [2.05, 4.69) is 154 Å². The van der Waals surface area contributed by atoms with Crippen LogP contribution in [0.2, 0.25) is 0 Å². The molecule has 0 aromatic heterocycles. The van der Waals surface area contributed by atoms with E-state index < -0.39 is 0 Å². The van der Waals surface area contributed by atoms with Crippen molar-refractivity contribution in [3.05, 3.63) is 0 Å². The Hall–Kier alpha value is 8.60. The molecule has 0 amide bonds. The minimum absolute atomic E-state index is 0. The second kappa shape index (κ2) is 54.6. The zero-order chi connectivity index (χ0) is 35.1. The van der Waals surface area contributed by atoms with Crippen molar-refractivity contribution in [2.45, 2.75) is 61.4 Å². The molecule has 0 unspecified atom stereocenters. The average molecular weight is 1270 g/mol. The molecule has 49 heavy (non-hydrogen) atoms. The SMILES string of the molecule is C.C.C1SC2(S1)SCS2.C1SCSCSCS1.C1[S][Sn][S]1.CCSCSC(SCSCC)SCSCC.CSCSC(C)C.C[S][Sn][S]C. The maximum atomic E-state index is 2.24. The fourth-order valence-corrected chi connectivity index (χ4v) is 33.3. The number of rotatable bonds is 17. The van der Waals surface area contributed by atoms with E-state index in [0.717, 1.165) is 9.16 Å². The summed E-state index contributed by atoms with van der Waals surface area (Å²) in [5.74, 6) is 3.72. The summed E-state index contributed by atoms with van der Waals surface area (Å²) >= 11 is 33.1. The monoisotopic (exact) mass is 1270 g/mol. The third-order valence-corrected chi connectivity index (χ3v) is 51.0. The third-order valence-electron chi connectivity index (χ3n) is 4.01. The van der Waals surface area contributed by atoms with Crippen LogP contribution >= 0.6 is 224 Å². The fourth-order valence-electron chi connectivity index (χ4n) is 1.90. The van der Waals surface area contributed by atoms with E-state index in [4.69, 9.17) is 0 Å². The van der Waals surface area contributed by atoms with Crippen LogP contribution in [-0.4, -0.2) is 141 Å². The summed E-state index contributed by atoms with van der Waals surface area (Å²) in [7, 11) is 8.41. The molecular formula is C27H62S20Sn2. The van der Waals surface area contributed by atoms with Gasteiger partial charge in [-0.25, -0.2) is 0 Å². The van der Waals surface area contributed by atoms with Crippen molar-refractivity contribution in [3.8, 4) is 0 Å². The molecule has 22 heteroatoms. The maximum absolute atomic E-state index is 2.24. The van der Waals surface area contributed by atoms with Crippen LogP contribution in [0, 0.1) is 0 Å². The first kappa shape index (κ1) is 64.2. The Morgan fingerprint density at radius 1 is 0.571 bits per heavy atom. The van der Waals surface area contributed by atoms with Crippen molar-refractivity contribution in [3.63, 3.8) is 0 Å². The van der Waals surface area contributed by atoms with Gasteiger partial charge in [0.2, 0.25) is 0 Å². The van der Waals surface area contributed by atoms with Crippen LogP contribution in [0.25, 0.3) is 0 Å². The molecular weight excluding hydrogens is 1200 g/mol. The van der Waals surface area contributed by atoms with Crippen molar-refractivity contribution < 1.29 is 0 Å². The predicted molar refractivity (Wildman–Crippen MR) is 301 cm³/mol. The van der Waals surface area contributed by atoms with Crippen molar-refractivity contribution >= 4 is 261 Å². The molecule has 4 saturated heterocycles. The molecule has 0 aliphatic carbocycles. The van der Waals surface area contributed by atoms with Gasteiger partial charge in [0.15, 0.2) is 2.74 Å². The Kier molecular flexibility index (Phi) is 71.6. The van der Waals surface area contributed by atoms with Crippen LogP contribution in [0.15, 0.2) is 0 Å². The molecule has 298 valence electrons. The van der Waals surface area contributed by atoms with Crippen molar-refractivity contribution in [2.75, 3.05) is 92.0 Å². The minimum atomic E-state index is 0. The zero-order valence-electron chi connectivity index (χ0n) is 28.7. The molecule has 0 nitrogen and oxygen atoms in total. The molecule has 1 spiro atoms. The van der Waals surface area contributed by atoms with Gasteiger partial charge in [0.05, 0.1) is 3.91 Å². The second-order valence-electron chi connectivity index (χ2n) is 7.82. The molecule has 0 N–H and O–H groups in total. The summed E-state index contributed by atoms with van der Waals surface area (Å²) in [5.41, 5.74) is 0. The van der Waals surface area contributed by atoms with Gasteiger partial charge in [-0.05, 0) is 28.8 Å². The number of hydrogen-bond donors (Lipinski definition) is 0. The van der Waals surface area contributed by atoms with E-state index in [1.54, 1.807) is 0 Å². The first-order valence-electron chi connectivity index (χ1n) is 14.3. The van der Waals surface area contributed by atoms with Gasteiger partial charge >= 0.3 is 90.1 Å². The summed E-state index contributed by atoms with van der Waals surface area (Å²) in [4.78, 5) is 0. The van der Waals surface area contributed by atoms with E-state index in [-0.39, 0.29) is 51.6 Å². The summed E-state index contributed by atoms with van der Waals surface area (Å²) in [6.45, 7) is 11.2. The Morgan fingerprint density at radius 3 is 1.06 bits per heavy atom. The van der Waals surface area contributed by atoms with E-state index in [1.165, 1.54) is 73.2 Å². The standard InChI is InChI=1S/C10H22S6.C5H12S2.C4H8S4.C3H4S4.CH4S2.2CH4S.2CH4.2Sn/c1-4-11-7-14-10(15-8-12-5-2)16-9-13-6-3;1-5(2)7-4-6-3;1-5-2-7-4-8-3-6-1;1-4-3(5-1)6-2-7-3;2-1-3;2*1-2;;;;/h10H,4-9H2,1-3H3;5H,4H2,1-3H3;1-4H2;1-2H2;2-3H,1H2;2*2H,1H3;2*1H4;;/q;;;;;;;;;2*+2/p-4. The van der Waals surface area contributed by atoms with Crippen LogP contribution in [0.4, 0.5) is 0 Å². The van der Waals surface area contributed by atoms with Crippen molar-refractivity contribution in [1.29, 1.82) is 0 Å². The normalized spacial score (nSPS) is 16.8. The molecule has 4 radical (unpaired) electrons. The van der Waals surface area contributed by atoms with E-state index in [0.29, 0.717) is 2.74 Å². The second-order valence-corrected chi connectivity index (χ2v) is 56.3. The molecule has 4 aliphatic rings. The van der Waals surface area contributed by atoms with E-state index in [1.807, 2.05) is 124 Å². The van der Waals surface area contributed by atoms with Gasteiger partial charge in [-0.3, -0.25) is 0 Å². The van der Waals surface area contributed by atoms with Crippen LogP contribution in [0.3, 0.4) is 0 Å². The van der Waals surface area contributed by atoms with Crippen LogP contribution < -0.4 is 0 Å². The van der Waals surface area contributed by atoms with Crippen LogP contribution in [0.5, 0.6) is 0 Å². The molecule has 0 aromatic carbocycles. The molecule has 4 heterocycles. The zero-order valence-corrected chi connectivity index (χ0v) is 50.8. The molecule has 0 aromatic rings. The topological polar surface area (TPSA) is 0 Å². The predicted octanol–water partition coefficient (Wildman–Crippen LogP) is 16.8. The van der Waals surface area contributed by atoms with Gasteiger partial charge in [0.1, 0.15) is 0 Å².